The van der Waals surface area contributed by atoms with Gasteiger partial charge >= 0.3 is 0 Å². The van der Waals surface area contributed by atoms with Crippen molar-refractivity contribution in [3.63, 3.8) is 0 Å². The first-order valence-electron chi connectivity index (χ1n) is 6.09. The molecule has 0 unspecified atom stereocenters. The van der Waals surface area contributed by atoms with Crippen LogP contribution in [0.5, 0.6) is 0 Å². The normalized spacial score (nSPS) is 10.8. The molecule has 6 heteroatoms. The number of aromatic nitrogens is 4. The summed E-state index contributed by atoms with van der Waals surface area (Å²) in [6.07, 6.45) is 5.76. The highest BCUT2D eigenvalue weighted by Crippen LogP contribution is 2.08. The van der Waals surface area contributed by atoms with Crippen LogP contribution in [0.15, 0.2) is 36.7 Å². The molecular weight excluding hydrogens is 242 g/mol. The number of carbonyl (C=O) groups is 1. The Bertz CT molecular complexity index is 545. The number of carbonyl (C=O) groups excluding carboxylic acids is 1. The Morgan fingerprint density at radius 1 is 1.37 bits per heavy atom. The number of nitrogens with one attached hydrogen (secondary N) is 1. The van der Waals surface area contributed by atoms with Gasteiger partial charge in [0.25, 0.3) is 0 Å². The maximum absolute atomic E-state index is 11.4. The summed E-state index contributed by atoms with van der Waals surface area (Å²) >= 11 is 0. The van der Waals surface area contributed by atoms with Crippen LogP contribution in [0.25, 0.3) is 11.8 Å². The fraction of sp³-hybridized carbons (Fsp3) is 0.231. The number of benzene rings is 1. The van der Waals surface area contributed by atoms with Crippen LogP contribution < -0.4 is 5.32 Å². The summed E-state index contributed by atoms with van der Waals surface area (Å²) in [5, 5.41) is 13.7. The van der Waals surface area contributed by atoms with Crippen LogP contribution in [0.2, 0.25) is 0 Å². The maximum atomic E-state index is 11.4. The third-order valence-corrected chi connectivity index (χ3v) is 2.48. The van der Waals surface area contributed by atoms with Crippen molar-refractivity contribution < 1.29 is 4.79 Å². The highest BCUT2D eigenvalue weighted by molar-refractivity contribution is 5.91. The van der Waals surface area contributed by atoms with Gasteiger partial charge in [-0.3, -0.25) is 4.79 Å². The lowest BCUT2D eigenvalue weighted by atomic mass is 10.2. The third kappa shape index (κ3) is 3.74. The van der Waals surface area contributed by atoms with E-state index in [4.69, 9.17) is 0 Å². The summed E-state index contributed by atoms with van der Waals surface area (Å²) in [5.74, 6) is -0.0774. The Kier molecular flexibility index (Phi) is 4.39. The standard InChI is InChI=1S/C13H15N5O/c1-2-9-14-13(19)8-5-11-3-6-12(7-4-11)18-10-15-16-17-18/h3-8,10H,2,9H2,1H3,(H,14,19)/b8-5+. The molecule has 0 aliphatic carbocycles. The van der Waals surface area contributed by atoms with E-state index in [1.807, 2.05) is 31.2 Å². The van der Waals surface area contributed by atoms with E-state index in [9.17, 15) is 4.79 Å². The largest absolute Gasteiger partial charge is 0.353 e. The predicted octanol–water partition coefficient (Wildman–Crippen LogP) is 1.20. The molecule has 0 bridgehead atoms. The van der Waals surface area contributed by atoms with Crippen molar-refractivity contribution in [3.05, 3.63) is 42.2 Å². The van der Waals surface area contributed by atoms with E-state index in [2.05, 4.69) is 20.8 Å². The van der Waals surface area contributed by atoms with Gasteiger partial charge in [-0.25, -0.2) is 4.68 Å². The quantitative estimate of drug-likeness (QED) is 0.817. The van der Waals surface area contributed by atoms with Crippen molar-refractivity contribution in [3.8, 4) is 5.69 Å². The van der Waals surface area contributed by atoms with E-state index in [1.165, 1.54) is 12.4 Å². The predicted molar refractivity (Wildman–Crippen MR) is 71.5 cm³/mol. The van der Waals surface area contributed by atoms with Gasteiger partial charge in [-0.1, -0.05) is 19.1 Å². The zero-order chi connectivity index (χ0) is 13.5. The van der Waals surface area contributed by atoms with Gasteiger partial charge in [0.15, 0.2) is 0 Å². The molecule has 1 N–H and O–H groups in total. The van der Waals surface area contributed by atoms with Crippen LogP contribution in [0.4, 0.5) is 0 Å². The molecule has 0 spiro atoms. The van der Waals surface area contributed by atoms with Crippen molar-refractivity contribution in [1.82, 2.24) is 25.5 Å². The molecule has 1 heterocycles. The fourth-order valence-electron chi connectivity index (χ4n) is 1.50. The minimum Gasteiger partial charge on any atom is -0.353 e. The maximum Gasteiger partial charge on any atom is 0.243 e. The lowest BCUT2D eigenvalue weighted by molar-refractivity contribution is -0.116. The molecule has 0 saturated carbocycles. The van der Waals surface area contributed by atoms with Crippen LogP contribution in [-0.2, 0) is 4.79 Å². The van der Waals surface area contributed by atoms with Crippen molar-refractivity contribution in [1.29, 1.82) is 0 Å². The van der Waals surface area contributed by atoms with Crippen LogP contribution in [0, 0.1) is 0 Å². The van der Waals surface area contributed by atoms with E-state index < -0.39 is 0 Å². The first-order chi connectivity index (χ1) is 9.29. The highest BCUT2D eigenvalue weighted by atomic mass is 16.1. The van der Waals surface area contributed by atoms with Gasteiger partial charge in [-0.05, 0) is 40.6 Å². The summed E-state index contributed by atoms with van der Waals surface area (Å²) in [6, 6.07) is 7.58. The van der Waals surface area contributed by atoms with E-state index in [-0.39, 0.29) is 5.91 Å². The molecule has 1 aromatic heterocycles. The SMILES string of the molecule is CCCNC(=O)/C=C/c1ccc(-n2cnnn2)cc1. The lowest BCUT2D eigenvalue weighted by Gasteiger charge is -2.00. The van der Waals surface area contributed by atoms with E-state index in [0.717, 1.165) is 17.7 Å². The van der Waals surface area contributed by atoms with E-state index in [0.29, 0.717) is 6.54 Å². The van der Waals surface area contributed by atoms with Gasteiger partial charge in [0, 0.05) is 12.6 Å². The molecular formula is C13H15N5O. The average molecular weight is 257 g/mol. The van der Waals surface area contributed by atoms with E-state index in [1.54, 1.807) is 10.8 Å². The van der Waals surface area contributed by atoms with Crippen molar-refractivity contribution >= 4 is 12.0 Å². The first-order valence-corrected chi connectivity index (χ1v) is 6.09. The fourth-order valence-corrected chi connectivity index (χ4v) is 1.50. The number of hydrogen-bond donors (Lipinski definition) is 1. The third-order valence-electron chi connectivity index (χ3n) is 2.48. The van der Waals surface area contributed by atoms with Gasteiger partial charge in [-0.15, -0.1) is 5.10 Å². The first kappa shape index (κ1) is 12.9. The second-order valence-corrected chi connectivity index (χ2v) is 3.97. The minimum atomic E-state index is -0.0774. The van der Waals surface area contributed by atoms with Crippen molar-refractivity contribution in [2.75, 3.05) is 6.54 Å². The van der Waals surface area contributed by atoms with Crippen LogP contribution in [0.3, 0.4) is 0 Å². The van der Waals surface area contributed by atoms with E-state index >= 15 is 0 Å². The Labute approximate surface area is 111 Å². The van der Waals surface area contributed by atoms with Crippen LogP contribution in [-0.4, -0.2) is 32.7 Å². The number of amides is 1. The smallest absolute Gasteiger partial charge is 0.243 e. The highest BCUT2D eigenvalue weighted by Gasteiger charge is 1.97. The molecule has 0 atom stereocenters. The Morgan fingerprint density at radius 3 is 2.79 bits per heavy atom. The molecule has 0 radical (unpaired) electrons. The number of rotatable bonds is 5. The Balaban J connectivity index is 1.99. The zero-order valence-electron chi connectivity index (χ0n) is 10.7. The van der Waals surface area contributed by atoms with Gasteiger partial charge in [0.2, 0.25) is 5.91 Å². The molecule has 0 saturated heterocycles. The summed E-state index contributed by atoms with van der Waals surface area (Å²) in [7, 11) is 0. The molecule has 98 valence electrons. The van der Waals surface area contributed by atoms with Gasteiger partial charge in [-0.2, -0.15) is 0 Å². The zero-order valence-corrected chi connectivity index (χ0v) is 10.7. The second-order valence-electron chi connectivity index (χ2n) is 3.97. The van der Waals surface area contributed by atoms with Gasteiger partial charge in [0.05, 0.1) is 5.69 Å². The number of hydrogen-bond acceptors (Lipinski definition) is 4. The molecule has 1 amide bonds. The molecule has 0 fully saturated rings. The molecule has 19 heavy (non-hydrogen) atoms. The Morgan fingerprint density at radius 2 is 2.16 bits per heavy atom. The van der Waals surface area contributed by atoms with Gasteiger partial charge < -0.3 is 5.32 Å². The number of tetrazole rings is 1. The summed E-state index contributed by atoms with van der Waals surface area (Å²) in [6.45, 7) is 2.71. The summed E-state index contributed by atoms with van der Waals surface area (Å²) < 4.78 is 1.57. The lowest BCUT2D eigenvalue weighted by Crippen LogP contribution is -2.21. The summed E-state index contributed by atoms with van der Waals surface area (Å²) in [4.78, 5) is 11.4. The second kappa shape index (κ2) is 6.44. The van der Waals surface area contributed by atoms with Crippen LogP contribution in [0.1, 0.15) is 18.9 Å². The van der Waals surface area contributed by atoms with Gasteiger partial charge in [0.1, 0.15) is 6.33 Å². The summed E-state index contributed by atoms with van der Waals surface area (Å²) in [5.41, 5.74) is 1.82. The average Bonchev–Trinajstić information content (AvgIpc) is 2.97. The minimum absolute atomic E-state index is 0.0774. The van der Waals surface area contributed by atoms with Crippen molar-refractivity contribution in [2.24, 2.45) is 0 Å². The molecule has 1 aromatic carbocycles. The monoisotopic (exact) mass is 257 g/mol. The molecule has 0 aliphatic rings. The topological polar surface area (TPSA) is 72.7 Å². The molecule has 6 nitrogen and oxygen atoms in total. The van der Waals surface area contributed by atoms with Crippen LogP contribution >= 0.6 is 0 Å². The molecule has 0 aliphatic heterocycles. The number of nitrogens with zero attached hydrogens (tertiary/aromatic N) is 4. The van der Waals surface area contributed by atoms with Crippen molar-refractivity contribution in [2.45, 2.75) is 13.3 Å². The molecule has 2 rings (SSSR count). The molecule has 2 aromatic rings. The Hall–Kier alpha value is -2.50.